The lowest BCUT2D eigenvalue weighted by molar-refractivity contribution is -0.161. The highest BCUT2D eigenvalue weighted by Crippen LogP contribution is 2.73. The third-order valence-electron chi connectivity index (χ3n) is 6.06. The van der Waals surface area contributed by atoms with Gasteiger partial charge in [0.15, 0.2) is 5.79 Å². The van der Waals surface area contributed by atoms with Gasteiger partial charge < -0.3 is 14.0 Å². The smallest absolute Gasteiger partial charge is 0.163 e. The number of ether oxygens (including phenoxy) is 2. The van der Waals surface area contributed by atoms with Crippen LogP contribution >= 0.6 is 11.6 Å². The van der Waals surface area contributed by atoms with E-state index in [0.29, 0.717) is 11.1 Å². The number of halogens is 1. The van der Waals surface area contributed by atoms with Crippen molar-refractivity contribution in [2.75, 3.05) is 0 Å². The second kappa shape index (κ2) is 4.26. The number of fused-ring (bicyclic) bond motifs is 4. The van der Waals surface area contributed by atoms with Gasteiger partial charge >= 0.3 is 0 Å². The van der Waals surface area contributed by atoms with E-state index in [2.05, 4.69) is 27.7 Å². The molecule has 0 aromatic carbocycles. The molecule has 5 rings (SSSR count). The summed E-state index contributed by atoms with van der Waals surface area (Å²) < 4.78 is 14.8. The van der Waals surface area contributed by atoms with E-state index in [1.807, 2.05) is 19.9 Å². The Morgan fingerprint density at radius 1 is 1.35 bits per heavy atom. The maximum Gasteiger partial charge on any atom is 0.163 e. The standard InChI is InChI=1S/C17H20ClN3O2/c1-4-17-7-10(17)11(12-13(17)23-16(2,3)22-12)21-6-5-9-14(18)19-8-20-15(9)21/h5-6,8,10-13H,4,7H2,1-3H3/t10-,11-,12+,13+,17-/m1/s1. The second-order valence-electron chi connectivity index (χ2n) is 7.53. The molecule has 5 nitrogen and oxygen atoms in total. The summed E-state index contributed by atoms with van der Waals surface area (Å²) >= 11 is 6.21. The monoisotopic (exact) mass is 333 g/mol. The first-order valence-electron chi connectivity index (χ1n) is 8.29. The summed E-state index contributed by atoms with van der Waals surface area (Å²) in [6.45, 7) is 6.28. The van der Waals surface area contributed by atoms with Crippen molar-refractivity contribution in [2.45, 2.75) is 57.6 Å². The third kappa shape index (κ3) is 1.70. The van der Waals surface area contributed by atoms with E-state index >= 15 is 0 Å². The SMILES string of the molecule is CC[C@@]12C[C@@H]1[C@@H](n1ccc3c(Cl)ncnc31)[C@@H]1OC(C)(C)O[C@@H]12. The fourth-order valence-electron chi connectivity index (χ4n) is 4.99. The molecule has 0 bridgehead atoms. The number of hydrogen-bond acceptors (Lipinski definition) is 4. The van der Waals surface area contributed by atoms with Crippen LogP contribution in [0.25, 0.3) is 11.0 Å². The Morgan fingerprint density at radius 3 is 2.96 bits per heavy atom. The van der Waals surface area contributed by atoms with Crippen molar-refractivity contribution in [2.24, 2.45) is 11.3 Å². The molecular weight excluding hydrogens is 314 g/mol. The zero-order valence-corrected chi connectivity index (χ0v) is 14.2. The molecule has 1 aliphatic heterocycles. The Bertz CT molecular complexity index is 804. The zero-order chi connectivity index (χ0) is 16.0. The summed E-state index contributed by atoms with van der Waals surface area (Å²) in [6.07, 6.45) is 6.19. The number of hydrogen-bond donors (Lipinski definition) is 0. The van der Waals surface area contributed by atoms with Crippen molar-refractivity contribution in [1.82, 2.24) is 14.5 Å². The van der Waals surface area contributed by atoms with Crippen LogP contribution in [0.15, 0.2) is 18.6 Å². The van der Waals surface area contributed by atoms with Gasteiger partial charge in [-0.15, -0.1) is 0 Å². The van der Waals surface area contributed by atoms with Crippen molar-refractivity contribution in [1.29, 1.82) is 0 Å². The molecule has 23 heavy (non-hydrogen) atoms. The summed E-state index contributed by atoms with van der Waals surface area (Å²) in [6, 6.07) is 2.26. The highest BCUT2D eigenvalue weighted by atomic mass is 35.5. The van der Waals surface area contributed by atoms with Crippen molar-refractivity contribution < 1.29 is 9.47 Å². The lowest BCUT2D eigenvalue weighted by Crippen LogP contribution is -2.31. The quantitative estimate of drug-likeness (QED) is 0.788. The molecule has 0 N–H and O–H groups in total. The number of rotatable bonds is 2. The third-order valence-corrected chi connectivity index (χ3v) is 6.36. The van der Waals surface area contributed by atoms with Gasteiger partial charge in [0.05, 0.1) is 17.5 Å². The topological polar surface area (TPSA) is 49.2 Å². The van der Waals surface area contributed by atoms with Crippen molar-refractivity contribution in [3.63, 3.8) is 0 Å². The predicted octanol–water partition coefficient (Wildman–Crippen LogP) is 3.58. The molecule has 3 fully saturated rings. The van der Waals surface area contributed by atoms with Gasteiger partial charge in [-0.05, 0) is 38.7 Å². The van der Waals surface area contributed by atoms with Gasteiger partial charge in [-0.3, -0.25) is 0 Å². The first-order valence-corrected chi connectivity index (χ1v) is 8.67. The molecule has 0 unspecified atom stereocenters. The minimum Gasteiger partial charge on any atom is -0.344 e. The minimum absolute atomic E-state index is 0.0769. The Balaban J connectivity index is 1.64. The van der Waals surface area contributed by atoms with Gasteiger partial charge in [-0.1, -0.05) is 18.5 Å². The first-order chi connectivity index (χ1) is 11.0. The van der Waals surface area contributed by atoms with Gasteiger partial charge in [0, 0.05) is 11.6 Å². The normalized spacial score (nSPS) is 40.3. The summed E-state index contributed by atoms with van der Waals surface area (Å²) in [4.78, 5) is 8.55. The van der Waals surface area contributed by atoms with Crippen LogP contribution in [0.5, 0.6) is 0 Å². The molecule has 5 atom stereocenters. The zero-order valence-electron chi connectivity index (χ0n) is 13.5. The average Bonchev–Trinajstić information content (AvgIpc) is 2.78. The Kier molecular flexibility index (Phi) is 2.63. The fourth-order valence-corrected chi connectivity index (χ4v) is 5.18. The molecule has 3 heterocycles. The van der Waals surface area contributed by atoms with Gasteiger partial charge in [0.2, 0.25) is 0 Å². The van der Waals surface area contributed by atoms with Crippen LogP contribution in [0, 0.1) is 11.3 Å². The maximum atomic E-state index is 6.30. The largest absolute Gasteiger partial charge is 0.344 e. The lowest BCUT2D eigenvalue weighted by Gasteiger charge is -2.24. The van der Waals surface area contributed by atoms with Crippen LogP contribution in [0.3, 0.4) is 0 Å². The van der Waals surface area contributed by atoms with Gasteiger partial charge in [-0.25, -0.2) is 9.97 Å². The van der Waals surface area contributed by atoms with Crippen LogP contribution in [-0.4, -0.2) is 32.5 Å². The molecule has 0 amide bonds. The Morgan fingerprint density at radius 2 is 2.17 bits per heavy atom. The Hall–Kier alpha value is -1.17. The van der Waals surface area contributed by atoms with Crippen LogP contribution in [-0.2, 0) is 9.47 Å². The summed E-state index contributed by atoms with van der Waals surface area (Å²) in [5, 5.41) is 1.41. The molecule has 0 radical (unpaired) electrons. The molecule has 3 aliphatic rings. The molecule has 2 aliphatic carbocycles. The van der Waals surface area contributed by atoms with E-state index in [-0.39, 0.29) is 23.7 Å². The Labute approximate surface area is 139 Å². The van der Waals surface area contributed by atoms with Crippen LogP contribution in [0.2, 0.25) is 5.15 Å². The predicted molar refractivity (Wildman–Crippen MR) is 86.2 cm³/mol. The van der Waals surface area contributed by atoms with Gasteiger partial charge in [0.1, 0.15) is 23.2 Å². The molecule has 2 saturated carbocycles. The molecule has 2 aromatic heterocycles. The van der Waals surface area contributed by atoms with Crippen LogP contribution in [0.1, 0.15) is 39.7 Å². The molecule has 1 saturated heterocycles. The highest BCUT2D eigenvalue weighted by Gasteiger charge is 2.75. The molecule has 122 valence electrons. The first kappa shape index (κ1) is 14.2. The molecule has 2 aromatic rings. The van der Waals surface area contributed by atoms with Crippen molar-refractivity contribution in [3.8, 4) is 0 Å². The van der Waals surface area contributed by atoms with E-state index in [4.69, 9.17) is 21.1 Å². The van der Waals surface area contributed by atoms with Crippen molar-refractivity contribution in [3.05, 3.63) is 23.7 Å². The van der Waals surface area contributed by atoms with Gasteiger partial charge in [0.25, 0.3) is 0 Å². The van der Waals surface area contributed by atoms with E-state index < -0.39 is 5.79 Å². The van der Waals surface area contributed by atoms with Crippen LogP contribution < -0.4 is 0 Å². The fraction of sp³-hybridized carbons (Fsp3) is 0.647. The van der Waals surface area contributed by atoms with Crippen LogP contribution in [0.4, 0.5) is 0 Å². The average molecular weight is 334 g/mol. The molecule has 0 spiro atoms. The molecular formula is C17H20ClN3O2. The van der Waals surface area contributed by atoms with E-state index in [9.17, 15) is 0 Å². The maximum absolute atomic E-state index is 6.30. The summed E-state index contributed by atoms with van der Waals surface area (Å²) in [7, 11) is 0. The number of aromatic nitrogens is 3. The van der Waals surface area contributed by atoms with Gasteiger partial charge in [-0.2, -0.15) is 0 Å². The lowest BCUT2D eigenvalue weighted by atomic mass is 9.96. The summed E-state index contributed by atoms with van der Waals surface area (Å²) in [5.74, 6) is 0.0711. The van der Waals surface area contributed by atoms with E-state index in [0.717, 1.165) is 17.5 Å². The minimum atomic E-state index is -0.515. The van der Waals surface area contributed by atoms with E-state index in [1.54, 1.807) is 0 Å². The van der Waals surface area contributed by atoms with Crippen molar-refractivity contribution >= 4 is 22.6 Å². The highest BCUT2D eigenvalue weighted by molar-refractivity contribution is 6.33. The van der Waals surface area contributed by atoms with E-state index in [1.165, 1.54) is 12.7 Å². The second-order valence-corrected chi connectivity index (χ2v) is 7.89. The summed E-state index contributed by atoms with van der Waals surface area (Å²) in [5.41, 5.74) is 1.15. The molecule has 6 heteroatoms. The number of nitrogens with zero attached hydrogens (tertiary/aromatic N) is 3.